The Balaban J connectivity index is 2.14. The van der Waals surface area contributed by atoms with Gasteiger partial charge in [0.05, 0.1) is 16.2 Å². The fourth-order valence-electron chi connectivity index (χ4n) is 2.90. The van der Waals surface area contributed by atoms with Crippen LogP contribution in [0.25, 0.3) is 5.57 Å². The molecule has 0 atom stereocenters. The monoisotopic (exact) mass is 385 g/mol. The summed E-state index contributed by atoms with van der Waals surface area (Å²) in [7, 11) is 0. The second kappa shape index (κ2) is 7.29. The Hall–Kier alpha value is -2.04. The lowest BCUT2D eigenvalue weighted by atomic mass is 10.1. The molecule has 1 heterocycles. The van der Waals surface area contributed by atoms with Crippen LogP contribution in [0.3, 0.4) is 0 Å². The molecule has 134 valence electrons. The quantitative estimate of drug-likeness (QED) is 0.663. The number of nitrogens with zero attached hydrogens (tertiary/aromatic N) is 1. The van der Waals surface area contributed by atoms with E-state index in [4.69, 9.17) is 11.6 Å². The molecule has 0 aromatic heterocycles. The maximum absolute atomic E-state index is 13.3. The van der Waals surface area contributed by atoms with E-state index in [0.717, 1.165) is 11.1 Å². The average Bonchev–Trinajstić information content (AvgIpc) is 2.81. The van der Waals surface area contributed by atoms with Crippen molar-refractivity contribution >= 4 is 46.4 Å². The first kappa shape index (κ1) is 18.7. The Morgan fingerprint density at radius 1 is 0.962 bits per heavy atom. The molecule has 0 N–H and O–H groups in total. The molecule has 0 fully saturated rings. The predicted octanol–water partition coefficient (Wildman–Crippen LogP) is 5.38. The maximum atomic E-state index is 13.3. The van der Waals surface area contributed by atoms with Crippen molar-refractivity contribution in [3.63, 3.8) is 0 Å². The zero-order valence-electron chi connectivity index (χ0n) is 15.2. The van der Waals surface area contributed by atoms with Crippen LogP contribution >= 0.6 is 23.4 Å². The molecule has 5 heteroatoms. The first-order chi connectivity index (χ1) is 12.3. The summed E-state index contributed by atoms with van der Waals surface area (Å²) in [5, 5.41) is 0.776. The standard InChI is InChI=1S/C21H20ClNO2S/c1-12(2)26-19-18(15-7-9-16(22)10-8-15)20(24)23(21(19)25)17-11-13(3)5-6-14(17)4/h5-12H,1-4H3. The van der Waals surface area contributed by atoms with Crippen molar-refractivity contribution in [2.24, 2.45) is 0 Å². The summed E-state index contributed by atoms with van der Waals surface area (Å²) in [6.45, 7) is 7.88. The molecule has 0 aliphatic carbocycles. The summed E-state index contributed by atoms with van der Waals surface area (Å²) in [5.74, 6) is -0.540. The van der Waals surface area contributed by atoms with Crippen molar-refractivity contribution in [2.75, 3.05) is 4.90 Å². The van der Waals surface area contributed by atoms with E-state index in [9.17, 15) is 9.59 Å². The highest BCUT2D eigenvalue weighted by Crippen LogP contribution is 2.41. The van der Waals surface area contributed by atoms with Crippen LogP contribution in [-0.2, 0) is 9.59 Å². The molecule has 26 heavy (non-hydrogen) atoms. The number of benzene rings is 2. The zero-order chi connectivity index (χ0) is 19.0. The molecule has 1 aliphatic heterocycles. The van der Waals surface area contributed by atoms with Crippen molar-refractivity contribution < 1.29 is 9.59 Å². The molecule has 0 saturated carbocycles. The number of carbonyl (C=O) groups is 2. The second-order valence-corrected chi connectivity index (χ2v) is 8.64. The Labute approximate surface area is 163 Å². The Morgan fingerprint density at radius 3 is 2.23 bits per heavy atom. The lowest BCUT2D eigenvalue weighted by molar-refractivity contribution is -0.119. The van der Waals surface area contributed by atoms with Gasteiger partial charge in [-0.25, -0.2) is 4.90 Å². The minimum absolute atomic E-state index is 0.183. The highest BCUT2D eigenvalue weighted by molar-refractivity contribution is 8.04. The normalized spacial score (nSPS) is 14.8. The fraction of sp³-hybridized carbons (Fsp3) is 0.238. The average molecular weight is 386 g/mol. The van der Waals surface area contributed by atoms with Crippen LogP contribution in [0.4, 0.5) is 5.69 Å². The van der Waals surface area contributed by atoms with Gasteiger partial charge in [0.25, 0.3) is 11.8 Å². The number of amides is 2. The smallest absolute Gasteiger partial charge is 0.268 e. The molecule has 0 spiro atoms. The molecule has 3 rings (SSSR count). The second-order valence-electron chi connectivity index (χ2n) is 6.61. The molecule has 0 radical (unpaired) electrons. The first-order valence-electron chi connectivity index (χ1n) is 8.42. The summed E-state index contributed by atoms with van der Waals surface area (Å²) in [4.78, 5) is 28.2. The molecule has 0 unspecified atom stereocenters. The number of halogens is 1. The van der Waals surface area contributed by atoms with Gasteiger partial charge < -0.3 is 0 Å². The van der Waals surface area contributed by atoms with Crippen molar-refractivity contribution in [1.29, 1.82) is 0 Å². The van der Waals surface area contributed by atoms with E-state index in [0.29, 0.717) is 26.8 Å². The van der Waals surface area contributed by atoms with E-state index < -0.39 is 0 Å². The minimum atomic E-state index is -0.283. The van der Waals surface area contributed by atoms with Crippen LogP contribution in [0.2, 0.25) is 5.02 Å². The number of thioether (sulfide) groups is 1. The number of aryl methyl sites for hydroxylation is 2. The lowest BCUT2D eigenvalue weighted by Gasteiger charge is -2.18. The van der Waals surface area contributed by atoms with Crippen LogP contribution < -0.4 is 4.90 Å². The number of carbonyl (C=O) groups excluding carboxylic acids is 2. The summed E-state index contributed by atoms with van der Waals surface area (Å²) in [6, 6.07) is 12.8. The first-order valence-corrected chi connectivity index (χ1v) is 9.68. The largest absolute Gasteiger partial charge is 0.272 e. The Kier molecular flexibility index (Phi) is 5.26. The van der Waals surface area contributed by atoms with E-state index >= 15 is 0 Å². The lowest BCUT2D eigenvalue weighted by Crippen LogP contribution is -2.32. The van der Waals surface area contributed by atoms with E-state index in [-0.39, 0.29) is 17.1 Å². The van der Waals surface area contributed by atoms with Gasteiger partial charge in [-0.2, -0.15) is 0 Å². The highest BCUT2D eigenvalue weighted by Gasteiger charge is 2.41. The van der Waals surface area contributed by atoms with Gasteiger partial charge in [-0.15, -0.1) is 11.8 Å². The van der Waals surface area contributed by atoms with Crippen LogP contribution in [0, 0.1) is 13.8 Å². The van der Waals surface area contributed by atoms with Crippen LogP contribution in [0.5, 0.6) is 0 Å². The van der Waals surface area contributed by atoms with Crippen LogP contribution in [0.15, 0.2) is 47.4 Å². The number of hydrogen-bond donors (Lipinski definition) is 0. The van der Waals surface area contributed by atoms with Gasteiger partial charge in [0.15, 0.2) is 0 Å². The highest BCUT2D eigenvalue weighted by atomic mass is 35.5. The van der Waals surface area contributed by atoms with E-state index in [2.05, 4.69) is 0 Å². The van der Waals surface area contributed by atoms with Gasteiger partial charge >= 0.3 is 0 Å². The van der Waals surface area contributed by atoms with Crippen LogP contribution in [-0.4, -0.2) is 17.1 Å². The predicted molar refractivity (Wildman–Crippen MR) is 110 cm³/mol. The summed E-state index contributed by atoms with van der Waals surface area (Å²) >= 11 is 7.41. The van der Waals surface area contributed by atoms with Crippen molar-refractivity contribution in [2.45, 2.75) is 32.9 Å². The molecular formula is C21H20ClNO2S. The van der Waals surface area contributed by atoms with Gasteiger partial charge in [-0.3, -0.25) is 9.59 Å². The molecular weight excluding hydrogens is 366 g/mol. The SMILES string of the molecule is Cc1ccc(C)c(N2C(=O)C(SC(C)C)=C(c3ccc(Cl)cc3)C2=O)c1. The fourth-order valence-corrected chi connectivity index (χ4v) is 4.02. The van der Waals surface area contributed by atoms with Gasteiger partial charge in [0.2, 0.25) is 0 Å². The molecule has 0 bridgehead atoms. The van der Waals surface area contributed by atoms with Crippen molar-refractivity contribution in [1.82, 2.24) is 0 Å². The Morgan fingerprint density at radius 2 is 1.62 bits per heavy atom. The number of imide groups is 1. The zero-order valence-corrected chi connectivity index (χ0v) is 16.7. The molecule has 0 saturated heterocycles. The van der Waals surface area contributed by atoms with E-state index in [1.54, 1.807) is 24.3 Å². The third-order valence-electron chi connectivity index (χ3n) is 4.13. The van der Waals surface area contributed by atoms with Crippen LogP contribution in [0.1, 0.15) is 30.5 Å². The number of hydrogen-bond acceptors (Lipinski definition) is 3. The topological polar surface area (TPSA) is 37.4 Å². The molecule has 2 aromatic carbocycles. The van der Waals surface area contributed by atoms with Crippen molar-refractivity contribution in [3.05, 3.63) is 69.1 Å². The molecule has 3 nitrogen and oxygen atoms in total. The maximum Gasteiger partial charge on any atom is 0.272 e. The number of rotatable bonds is 4. The summed E-state index contributed by atoms with van der Waals surface area (Å²) in [6.07, 6.45) is 0. The molecule has 2 aromatic rings. The summed E-state index contributed by atoms with van der Waals surface area (Å²) < 4.78 is 0. The van der Waals surface area contributed by atoms with Gasteiger partial charge in [-0.1, -0.05) is 49.7 Å². The summed E-state index contributed by atoms with van der Waals surface area (Å²) in [5.41, 5.74) is 3.70. The molecule has 2 amide bonds. The van der Waals surface area contributed by atoms with Crippen molar-refractivity contribution in [3.8, 4) is 0 Å². The van der Waals surface area contributed by atoms with E-state index in [1.165, 1.54) is 16.7 Å². The van der Waals surface area contributed by atoms with E-state index in [1.807, 2.05) is 45.9 Å². The molecule has 1 aliphatic rings. The van der Waals surface area contributed by atoms with Gasteiger partial charge in [0, 0.05) is 10.3 Å². The number of anilines is 1. The minimum Gasteiger partial charge on any atom is -0.268 e. The third-order valence-corrected chi connectivity index (χ3v) is 5.47. The third kappa shape index (κ3) is 3.44. The van der Waals surface area contributed by atoms with Gasteiger partial charge in [0.1, 0.15) is 0 Å². The Bertz CT molecular complexity index is 916. The van der Waals surface area contributed by atoms with Gasteiger partial charge in [-0.05, 0) is 48.7 Å².